The Labute approximate surface area is 413 Å². The molecule has 4 aromatic carbocycles. The molecule has 12 N–H and O–H groups in total. The number of hydrogen-bond donors (Lipinski definition) is 12. The number of carbonyl (C=O) groups is 7. The second kappa shape index (κ2) is 26.6. The number of aliphatic carboxylic acids is 1. The van der Waals surface area contributed by atoms with Gasteiger partial charge in [-0.15, -0.1) is 0 Å². The molecule has 0 saturated heterocycles. The summed E-state index contributed by atoms with van der Waals surface area (Å²) in [5.74, 6) is -6.60. The zero-order valence-corrected chi connectivity index (χ0v) is 40.7. The number of hydrogen-bond acceptors (Lipinski definition) is 12. The van der Waals surface area contributed by atoms with E-state index in [1.54, 1.807) is 49.4 Å². The maximum atomic E-state index is 14.3. The summed E-state index contributed by atoms with van der Waals surface area (Å²) in [6.07, 6.45) is -0.0357. The largest absolute Gasteiger partial charge is 0.508 e. The minimum Gasteiger partial charge on any atom is -0.508 e. The van der Waals surface area contributed by atoms with E-state index in [1.165, 1.54) is 67.6 Å². The molecule has 9 atom stereocenters. The Morgan fingerprint density at radius 2 is 0.843 bits per heavy atom. The van der Waals surface area contributed by atoms with Crippen LogP contribution in [-0.2, 0) is 59.2 Å². The first kappa shape index (κ1) is 55.5. The number of phenolic OH excluding ortho intramolecular Hbond substituents is 3. The fourth-order valence-corrected chi connectivity index (χ4v) is 7.42. The zero-order chi connectivity index (χ0) is 51.7. The highest BCUT2D eigenvalue weighted by molar-refractivity contribution is 7.81. The van der Waals surface area contributed by atoms with Crippen LogP contribution in [0.5, 0.6) is 17.2 Å². The molecule has 0 aliphatic heterocycles. The Morgan fingerprint density at radius 3 is 1.24 bits per heavy atom. The van der Waals surface area contributed by atoms with E-state index in [1.807, 2.05) is 20.8 Å². The third kappa shape index (κ3) is 17.1. The van der Waals surface area contributed by atoms with Crippen molar-refractivity contribution in [1.82, 2.24) is 31.9 Å². The van der Waals surface area contributed by atoms with Gasteiger partial charge >= 0.3 is 5.97 Å². The molecule has 0 bridgehead atoms. The van der Waals surface area contributed by atoms with E-state index >= 15 is 0 Å². The monoisotopic (exact) mass is 983 g/mol. The van der Waals surface area contributed by atoms with Crippen molar-refractivity contribution in [3.8, 4) is 17.2 Å². The molecular weight excluding hydrogens is 919 g/mol. The van der Waals surface area contributed by atoms with E-state index in [9.17, 15) is 54.0 Å². The van der Waals surface area contributed by atoms with Gasteiger partial charge in [0.15, 0.2) is 0 Å². The Balaban J connectivity index is 1.60. The van der Waals surface area contributed by atoms with E-state index in [0.29, 0.717) is 28.7 Å². The van der Waals surface area contributed by atoms with E-state index in [4.69, 9.17) is 5.73 Å². The summed E-state index contributed by atoms with van der Waals surface area (Å²) in [6.45, 7) is 8.65. The van der Waals surface area contributed by atoms with Gasteiger partial charge in [-0.05, 0) is 77.4 Å². The van der Waals surface area contributed by atoms with Gasteiger partial charge < -0.3 is 58.1 Å². The third-order valence-corrected chi connectivity index (χ3v) is 12.7. The van der Waals surface area contributed by atoms with Crippen molar-refractivity contribution >= 4 is 54.0 Å². The maximum absolute atomic E-state index is 14.3. The van der Waals surface area contributed by atoms with Crippen molar-refractivity contribution in [1.29, 1.82) is 0 Å². The summed E-state index contributed by atoms with van der Waals surface area (Å²) >= 11 is 4.47. The highest BCUT2D eigenvalue weighted by Crippen LogP contribution is 2.18. The highest BCUT2D eigenvalue weighted by atomic mass is 32.1. The molecule has 70 heavy (non-hydrogen) atoms. The molecule has 0 radical (unpaired) electrons. The van der Waals surface area contributed by atoms with Crippen LogP contribution in [0.15, 0.2) is 103 Å². The minimum absolute atomic E-state index is 0.0374. The molecule has 0 aliphatic rings. The average Bonchev–Trinajstić information content (AvgIpc) is 3.33. The molecular formula is C51H65N7O11S. The summed E-state index contributed by atoms with van der Waals surface area (Å²) in [6, 6.07) is 17.1. The molecule has 4 aromatic rings. The summed E-state index contributed by atoms with van der Waals surface area (Å²) in [5.41, 5.74) is 8.35. The molecule has 19 heteroatoms. The van der Waals surface area contributed by atoms with Crippen molar-refractivity contribution in [3.05, 3.63) is 125 Å². The fourth-order valence-electron chi connectivity index (χ4n) is 7.28. The molecule has 18 nitrogen and oxygen atoms in total. The summed E-state index contributed by atoms with van der Waals surface area (Å²) in [4.78, 5) is 96.2. The molecule has 0 fully saturated rings. The van der Waals surface area contributed by atoms with Crippen LogP contribution in [0.4, 0.5) is 0 Å². The highest BCUT2D eigenvalue weighted by Gasteiger charge is 2.35. The number of nitrogens with one attached hydrogen (secondary N) is 6. The van der Waals surface area contributed by atoms with Gasteiger partial charge in [0.05, 0.1) is 6.04 Å². The smallest absolute Gasteiger partial charge is 0.326 e. The quantitative estimate of drug-likeness (QED) is 0.0427. The maximum Gasteiger partial charge on any atom is 0.326 e. The van der Waals surface area contributed by atoms with Gasteiger partial charge in [0.1, 0.15) is 53.5 Å². The lowest BCUT2D eigenvalue weighted by molar-refractivity contribution is -0.142. The van der Waals surface area contributed by atoms with E-state index in [0.717, 1.165) is 0 Å². The molecule has 6 amide bonds. The second-order valence-electron chi connectivity index (χ2n) is 17.7. The molecule has 0 aliphatic carbocycles. The normalized spacial score (nSPS) is 15.0. The van der Waals surface area contributed by atoms with Gasteiger partial charge in [0.25, 0.3) is 0 Å². The zero-order valence-electron chi connectivity index (χ0n) is 39.8. The van der Waals surface area contributed by atoms with Gasteiger partial charge in [0, 0.05) is 30.9 Å². The first-order valence-corrected chi connectivity index (χ1v) is 23.5. The Bertz CT molecular complexity index is 2390. The molecule has 4 rings (SSSR count). The van der Waals surface area contributed by atoms with Crippen molar-refractivity contribution in [3.63, 3.8) is 0 Å². The first-order valence-electron chi connectivity index (χ1n) is 23.0. The molecule has 0 heterocycles. The van der Waals surface area contributed by atoms with Crippen LogP contribution in [-0.4, -0.2) is 109 Å². The molecule has 1 unspecified atom stereocenters. The average molecular weight is 984 g/mol. The number of phenols is 3. The van der Waals surface area contributed by atoms with Gasteiger partial charge in [-0.25, -0.2) is 4.79 Å². The fraction of sp³-hybridized carbons (Fsp3) is 0.392. The van der Waals surface area contributed by atoms with Gasteiger partial charge in [0.2, 0.25) is 35.4 Å². The number of amides is 6. The third-order valence-electron chi connectivity index (χ3n) is 11.8. The first-order chi connectivity index (χ1) is 33.1. The van der Waals surface area contributed by atoms with Crippen molar-refractivity contribution in [2.45, 2.75) is 114 Å². The van der Waals surface area contributed by atoms with Crippen LogP contribution in [0.1, 0.15) is 63.3 Å². The summed E-state index contributed by atoms with van der Waals surface area (Å²) in [7, 11) is 0. The van der Waals surface area contributed by atoms with Gasteiger partial charge in [-0.2, -0.15) is 12.6 Å². The molecule has 0 saturated carbocycles. The lowest BCUT2D eigenvalue weighted by Gasteiger charge is -2.29. The number of aromatic hydroxyl groups is 3. The Morgan fingerprint density at radius 1 is 0.486 bits per heavy atom. The van der Waals surface area contributed by atoms with Crippen LogP contribution in [0.3, 0.4) is 0 Å². The van der Waals surface area contributed by atoms with E-state index in [2.05, 4.69) is 44.5 Å². The number of thiol groups is 1. The second-order valence-corrected chi connectivity index (χ2v) is 18.3. The number of carboxylic acid groups (broad SMARTS) is 1. The lowest BCUT2D eigenvalue weighted by atomic mass is 9.96. The van der Waals surface area contributed by atoms with Crippen LogP contribution in [0.25, 0.3) is 0 Å². The standard InChI is InChI=1S/C51H65N7O11S/c1-6-29(4)43(58-49(66)42(52)44(70)28(2)3)50(67)56-38(24-32-12-18-35(59)19-13-32)46(63)53-30(5)45(62)54-39(25-33-14-20-36(60)21-15-33)47(64)55-40(26-34-16-22-37(61)23-17-34)48(65)57-41(51(68)69)27-31-10-8-7-9-11-31/h7-23,28-30,38-44,59-61,70H,6,24-27,52H2,1-5H3,(H,53,63)(H,54,62)(H,55,64)(H,56,67)(H,57,65)(H,58,66)(H,68,69)/t29-,30-,38-,39-,40-,41-,42+,43-,44?/m0/s1. The number of rotatable bonds is 25. The van der Waals surface area contributed by atoms with E-state index in [-0.39, 0.29) is 48.8 Å². The van der Waals surface area contributed by atoms with Crippen LogP contribution in [0, 0.1) is 11.8 Å². The van der Waals surface area contributed by atoms with Crippen LogP contribution < -0.4 is 37.6 Å². The predicted molar refractivity (Wildman–Crippen MR) is 266 cm³/mol. The van der Waals surface area contributed by atoms with Crippen molar-refractivity contribution in [2.75, 3.05) is 0 Å². The topological polar surface area (TPSA) is 299 Å². The number of carbonyl (C=O) groups excluding carboxylic acids is 6. The molecule has 376 valence electrons. The van der Waals surface area contributed by atoms with Crippen LogP contribution >= 0.6 is 12.6 Å². The molecule has 0 spiro atoms. The number of nitrogens with two attached hydrogens (primary N) is 1. The lowest BCUT2D eigenvalue weighted by Crippen LogP contribution is -2.61. The number of carboxylic acids is 1. The summed E-state index contributed by atoms with van der Waals surface area (Å²) in [5, 5.41) is 55.3. The SMILES string of the molecule is CC[C@H](C)[C@H](NC(=O)[C@H](N)C(S)C(C)C)C(=O)N[C@@H](Cc1ccc(O)cc1)C(=O)N[C@@H](C)C(=O)N[C@@H](Cc1ccc(O)cc1)C(=O)N[C@@H](Cc1ccc(O)cc1)C(=O)N[C@@H](Cc1ccccc1)C(=O)O. The number of benzene rings is 4. The van der Waals surface area contributed by atoms with Crippen molar-refractivity contribution in [2.24, 2.45) is 17.6 Å². The summed E-state index contributed by atoms with van der Waals surface area (Å²) < 4.78 is 0. The predicted octanol–water partition coefficient (Wildman–Crippen LogP) is 2.42. The van der Waals surface area contributed by atoms with E-state index < -0.39 is 94.9 Å². The van der Waals surface area contributed by atoms with Crippen LogP contribution in [0.2, 0.25) is 0 Å². The minimum atomic E-state index is -1.42. The Kier molecular flexibility index (Phi) is 21.1. The molecule has 0 aromatic heterocycles. The van der Waals surface area contributed by atoms with Gasteiger partial charge in [-0.3, -0.25) is 28.8 Å². The Hall–Kier alpha value is -7.12. The van der Waals surface area contributed by atoms with Gasteiger partial charge in [-0.1, -0.05) is 101 Å². The van der Waals surface area contributed by atoms with Crippen molar-refractivity contribution < 1.29 is 54.0 Å².